The Balaban J connectivity index is -0.000000180. The summed E-state index contributed by atoms with van der Waals surface area (Å²) in [5.74, 6) is 0. The van der Waals surface area contributed by atoms with Crippen LogP contribution in [-0.4, -0.2) is 22.4 Å². The Labute approximate surface area is 67.8 Å². The first-order valence-corrected chi connectivity index (χ1v) is 2.49. The van der Waals surface area contributed by atoms with E-state index in [-0.39, 0.29) is 36.7 Å². The van der Waals surface area contributed by atoms with Crippen molar-refractivity contribution in [2.24, 2.45) is 0 Å². The molecule has 2 N–H and O–H groups in total. The van der Waals surface area contributed by atoms with Crippen molar-refractivity contribution in [1.82, 2.24) is 0 Å². The van der Waals surface area contributed by atoms with E-state index in [4.69, 9.17) is 10.2 Å². The van der Waals surface area contributed by atoms with E-state index in [1.165, 1.54) is 0 Å². The summed E-state index contributed by atoms with van der Waals surface area (Å²) in [6, 6.07) is 0. The van der Waals surface area contributed by atoms with Crippen LogP contribution in [0.4, 0.5) is 0 Å². The summed E-state index contributed by atoms with van der Waals surface area (Å²) in [6.45, 7) is 3.32. The molecule has 0 aromatic heterocycles. The average Bonchev–Trinajstić information content (AvgIpc) is 1.27. The summed E-state index contributed by atoms with van der Waals surface area (Å²) in [5, 5.41) is 17.1. The molecule has 0 saturated carbocycles. The second-order valence-corrected chi connectivity index (χ2v) is 1.93. The molecule has 1 radical (unpaired) electrons. The van der Waals surface area contributed by atoms with Gasteiger partial charge in [-0.1, -0.05) is 7.43 Å². The van der Waals surface area contributed by atoms with E-state index in [0.29, 0.717) is 6.42 Å². The molecule has 2 atom stereocenters. The SMILES string of the molecule is C.CC(O)CC(C)O.[Mn]. The third kappa shape index (κ3) is 17.8. The average molecular weight is 175 g/mol. The van der Waals surface area contributed by atoms with Crippen LogP contribution in [0.15, 0.2) is 0 Å². The Morgan fingerprint density at radius 2 is 1.33 bits per heavy atom. The maximum atomic E-state index is 8.56. The fraction of sp³-hybridized carbons (Fsp3) is 1.00. The summed E-state index contributed by atoms with van der Waals surface area (Å²) in [4.78, 5) is 0. The van der Waals surface area contributed by atoms with Crippen molar-refractivity contribution in [3.05, 3.63) is 0 Å². The van der Waals surface area contributed by atoms with Gasteiger partial charge in [0, 0.05) is 17.1 Å². The van der Waals surface area contributed by atoms with E-state index in [0.717, 1.165) is 0 Å². The molecule has 3 heteroatoms. The van der Waals surface area contributed by atoms with Gasteiger partial charge in [0.15, 0.2) is 0 Å². The standard InChI is InChI=1S/C5H12O2.CH4.Mn/c1-4(6)3-5(2)7;;/h4-7H,3H2,1-2H3;1H4;. The van der Waals surface area contributed by atoms with Crippen molar-refractivity contribution in [1.29, 1.82) is 0 Å². The molecule has 0 heterocycles. The molecule has 0 aliphatic carbocycles. The summed E-state index contributed by atoms with van der Waals surface area (Å²) in [7, 11) is 0. The van der Waals surface area contributed by atoms with Gasteiger partial charge in [-0.3, -0.25) is 0 Å². The molecular weight excluding hydrogens is 159 g/mol. The first-order chi connectivity index (χ1) is 3.13. The normalized spacial score (nSPS) is 14.7. The van der Waals surface area contributed by atoms with Crippen LogP contribution in [-0.2, 0) is 17.1 Å². The topological polar surface area (TPSA) is 40.5 Å². The van der Waals surface area contributed by atoms with Crippen LogP contribution in [0.3, 0.4) is 0 Å². The van der Waals surface area contributed by atoms with Gasteiger partial charge in [0.1, 0.15) is 0 Å². The van der Waals surface area contributed by atoms with E-state index in [1.54, 1.807) is 13.8 Å². The summed E-state index contributed by atoms with van der Waals surface area (Å²) in [5.41, 5.74) is 0. The predicted molar refractivity (Wildman–Crippen MR) is 34.7 cm³/mol. The molecule has 0 aromatic carbocycles. The molecule has 0 rings (SSSR count). The minimum atomic E-state index is -0.375. The Hall–Kier alpha value is 0.439. The third-order valence-corrected chi connectivity index (χ3v) is 0.682. The summed E-state index contributed by atoms with van der Waals surface area (Å²) in [6.07, 6.45) is -0.278. The predicted octanol–water partition coefficient (Wildman–Crippen LogP) is 0.772. The molecular formula is C6H16MnO2. The van der Waals surface area contributed by atoms with Crippen molar-refractivity contribution in [2.75, 3.05) is 0 Å². The van der Waals surface area contributed by atoms with Crippen LogP contribution in [0, 0.1) is 0 Å². The van der Waals surface area contributed by atoms with Crippen LogP contribution in [0.5, 0.6) is 0 Å². The van der Waals surface area contributed by atoms with Gasteiger partial charge in [-0.15, -0.1) is 0 Å². The zero-order valence-electron chi connectivity index (χ0n) is 5.13. The van der Waals surface area contributed by atoms with Gasteiger partial charge >= 0.3 is 0 Å². The molecule has 2 unspecified atom stereocenters. The largest absolute Gasteiger partial charge is 0.393 e. The minimum absolute atomic E-state index is 0. The van der Waals surface area contributed by atoms with Gasteiger partial charge in [-0.2, -0.15) is 0 Å². The fourth-order valence-corrected chi connectivity index (χ4v) is 0.494. The first-order valence-electron chi connectivity index (χ1n) is 2.49. The molecule has 0 aliphatic rings. The van der Waals surface area contributed by atoms with Crippen LogP contribution < -0.4 is 0 Å². The van der Waals surface area contributed by atoms with E-state index in [9.17, 15) is 0 Å². The second-order valence-electron chi connectivity index (χ2n) is 1.93. The van der Waals surface area contributed by atoms with Gasteiger partial charge in [0.05, 0.1) is 12.2 Å². The van der Waals surface area contributed by atoms with Gasteiger partial charge in [0.25, 0.3) is 0 Å². The van der Waals surface area contributed by atoms with Crippen molar-refractivity contribution >= 4 is 0 Å². The third-order valence-electron chi connectivity index (χ3n) is 0.682. The second kappa shape index (κ2) is 8.44. The Morgan fingerprint density at radius 3 is 1.33 bits per heavy atom. The smallest absolute Gasteiger partial charge is 0.0536 e. The maximum absolute atomic E-state index is 8.56. The molecule has 2 nitrogen and oxygen atoms in total. The van der Waals surface area contributed by atoms with Crippen LogP contribution in [0.25, 0.3) is 0 Å². The van der Waals surface area contributed by atoms with Crippen LogP contribution in [0.1, 0.15) is 27.7 Å². The number of aliphatic hydroxyl groups is 2. The van der Waals surface area contributed by atoms with Crippen LogP contribution in [0.2, 0.25) is 0 Å². The Kier molecular flexibility index (Phi) is 15.2. The van der Waals surface area contributed by atoms with Gasteiger partial charge in [-0.25, -0.2) is 0 Å². The zero-order valence-corrected chi connectivity index (χ0v) is 6.31. The molecule has 9 heavy (non-hydrogen) atoms. The molecule has 59 valence electrons. The first kappa shape index (κ1) is 16.2. The number of hydrogen-bond donors (Lipinski definition) is 2. The molecule has 0 aliphatic heterocycles. The summed E-state index contributed by atoms with van der Waals surface area (Å²) < 4.78 is 0. The number of hydrogen-bond acceptors (Lipinski definition) is 2. The minimum Gasteiger partial charge on any atom is -0.393 e. The quantitative estimate of drug-likeness (QED) is 0.608. The van der Waals surface area contributed by atoms with Crippen molar-refractivity contribution in [3.8, 4) is 0 Å². The van der Waals surface area contributed by atoms with Crippen molar-refractivity contribution in [3.63, 3.8) is 0 Å². The maximum Gasteiger partial charge on any atom is 0.0536 e. The number of aliphatic hydroxyl groups excluding tert-OH is 2. The summed E-state index contributed by atoms with van der Waals surface area (Å²) >= 11 is 0. The van der Waals surface area contributed by atoms with Crippen molar-refractivity contribution in [2.45, 2.75) is 39.9 Å². The molecule has 0 aromatic rings. The van der Waals surface area contributed by atoms with E-state index >= 15 is 0 Å². The fourth-order valence-electron chi connectivity index (χ4n) is 0.494. The van der Waals surface area contributed by atoms with Gasteiger partial charge in [0.2, 0.25) is 0 Å². The van der Waals surface area contributed by atoms with E-state index < -0.39 is 0 Å². The van der Waals surface area contributed by atoms with Crippen molar-refractivity contribution < 1.29 is 27.3 Å². The van der Waals surface area contributed by atoms with Gasteiger partial charge in [-0.05, 0) is 20.3 Å². The Morgan fingerprint density at radius 1 is 1.11 bits per heavy atom. The molecule has 0 spiro atoms. The number of rotatable bonds is 2. The monoisotopic (exact) mass is 175 g/mol. The molecule has 0 saturated heterocycles. The Bertz CT molecular complexity index is 40.3. The van der Waals surface area contributed by atoms with Crippen LogP contribution >= 0.6 is 0 Å². The van der Waals surface area contributed by atoms with E-state index in [2.05, 4.69) is 0 Å². The molecule has 0 amide bonds. The zero-order chi connectivity index (χ0) is 5.86. The van der Waals surface area contributed by atoms with E-state index in [1.807, 2.05) is 0 Å². The van der Waals surface area contributed by atoms with Gasteiger partial charge < -0.3 is 10.2 Å². The molecule has 0 bridgehead atoms. The molecule has 0 fully saturated rings.